The summed E-state index contributed by atoms with van der Waals surface area (Å²) in [6.45, 7) is 0. The standard InChI is InChI=1S/C8H6ClN3O/c9-6-1-2-8(13)7(3-6)12-4-10-11-5-12/h1-5,13H. The molecule has 1 heterocycles. The highest BCUT2D eigenvalue weighted by molar-refractivity contribution is 6.30. The minimum atomic E-state index is 0.143. The number of phenolic OH excluding ortho intramolecular Hbond substituents is 1. The Balaban J connectivity index is 2.57. The van der Waals surface area contributed by atoms with Gasteiger partial charge in [0.1, 0.15) is 18.4 Å². The Bertz CT molecular complexity index is 413. The van der Waals surface area contributed by atoms with Crippen LogP contribution in [0.1, 0.15) is 0 Å². The average molecular weight is 196 g/mol. The van der Waals surface area contributed by atoms with Gasteiger partial charge < -0.3 is 5.11 Å². The van der Waals surface area contributed by atoms with Gasteiger partial charge in [-0.1, -0.05) is 11.6 Å². The summed E-state index contributed by atoms with van der Waals surface area (Å²) in [5.74, 6) is 0.143. The summed E-state index contributed by atoms with van der Waals surface area (Å²) >= 11 is 5.77. The summed E-state index contributed by atoms with van der Waals surface area (Å²) in [4.78, 5) is 0. The van der Waals surface area contributed by atoms with E-state index in [0.29, 0.717) is 10.7 Å². The van der Waals surface area contributed by atoms with Crippen LogP contribution in [-0.4, -0.2) is 19.9 Å². The number of benzene rings is 1. The molecule has 0 amide bonds. The number of halogens is 1. The largest absolute Gasteiger partial charge is 0.506 e. The van der Waals surface area contributed by atoms with E-state index in [2.05, 4.69) is 10.2 Å². The van der Waals surface area contributed by atoms with Crippen molar-refractivity contribution in [2.45, 2.75) is 0 Å². The van der Waals surface area contributed by atoms with Crippen molar-refractivity contribution in [1.82, 2.24) is 14.8 Å². The van der Waals surface area contributed by atoms with Gasteiger partial charge in [-0.05, 0) is 18.2 Å². The third-order valence-electron chi connectivity index (χ3n) is 1.63. The van der Waals surface area contributed by atoms with E-state index in [0.717, 1.165) is 0 Å². The second-order valence-electron chi connectivity index (χ2n) is 2.50. The molecule has 0 radical (unpaired) electrons. The molecule has 2 rings (SSSR count). The van der Waals surface area contributed by atoms with E-state index < -0.39 is 0 Å². The topological polar surface area (TPSA) is 50.9 Å². The molecule has 13 heavy (non-hydrogen) atoms. The zero-order valence-electron chi connectivity index (χ0n) is 6.55. The van der Waals surface area contributed by atoms with Gasteiger partial charge in [0.15, 0.2) is 0 Å². The van der Waals surface area contributed by atoms with Crippen molar-refractivity contribution >= 4 is 11.6 Å². The van der Waals surface area contributed by atoms with Gasteiger partial charge in [-0.15, -0.1) is 10.2 Å². The van der Waals surface area contributed by atoms with Gasteiger partial charge in [-0.25, -0.2) is 0 Å². The Hall–Kier alpha value is -1.55. The van der Waals surface area contributed by atoms with Crippen LogP contribution in [0, 0.1) is 0 Å². The molecule has 0 aliphatic heterocycles. The lowest BCUT2D eigenvalue weighted by molar-refractivity contribution is 0.472. The van der Waals surface area contributed by atoms with Crippen LogP contribution >= 0.6 is 11.6 Å². The van der Waals surface area contributed by atoms with Crippen molar-refractivity contribution in [3.8, 4) is 11.4 Å². The normalized spacial score (nSPS) is 10.2. The minimum absolute atomic E-state index is 0.143. The molecule has 0 aliphatic rings. The van der Waals surface area contributed by atoms with Crippen LogP contribution in [0.25, 0.3) is 5.69 Å². The molecule has 4 nitrogen and oxygen atoms in total. The molecule has 2 aromatic rings. The van der Waals surface area contributed by atoms with Crippen LogP contribution in [0.2, 0.25) is 5.02 Å². The highest BCUT2D eigenvalue weighted by Gasteiger charge is 2.03. The van der Waals surface area contributed by atoms with Crippen LogP contribution in [0.3, 0.4) is 0 Å². The second-order valence-corrected chi connectivity index (χ2v) is 2.94. The zero-order chi connectivity index (χ0) is 9.26. The van der Waals surface area contributed by atoms with Gasteiger partial charge in [-0.2, -0.15) is 0 Å². The summed E-state index contributed by atoms with van der Waals surface area (Å²) in [6.07, 6.45) is 2.98. The summed E-state index contributed by atoms with van der Waals surface area (Å²) in [7, 11) is 0. The van der Waals surface area contributed by atoms with Crippen LogP contribution in [0.4, 0.5) is 0 Å². The number of rotatable bonds is 1. The summed E-state index contributed by atoms with van der Waals surface area (Å²) in [5.41, 5.74) is 0.567. The van der Waals surface area contributed by atoms with Gasteiger partial charge in [0.25, 0.3) is 0 Å². The first kappa shape index (κ1) is 8.07. The monoisotopic (exact) mass is 195 g/mol. The molecule has 66 valence electrons. The fraction of sp³-hybridized carbons (Fsp3) is 0. The Morgan fingerprint density at radius 1 is 1.23 bits per heavy atom. The number of phenols is 1. The Morgan fingerprint density at radius 2 is 1.92 bits per heavy atom. The fourth-order valence-corrected chi connectivity index (χ4v) is 1.19. The predicted molar refractivity (Wildman–Crippen MR) is 48.0 cm³/mol. The highest BCUT2D eigenvalue weighted by Crippen LogP contribution is 2.24. The quantitative estimate of drug-likeness (QED) is 0.753. The average Bonchev–Trinajstić information content (AvgIpc) is 2.61. The van der Waals surface area contributed by atoms with Crippen LogP contribution in [0.15, 0.2) is 30.9 Å². The van der Waals surface area contributed by atoms with Crippen molar-refractivity contribution in [2.24, 2.45) is 0 Å². The second kappa shape index (κ2) is 3.06. The first-order valence-corrected chi connectivity index (χ1v) is 3.98. The van der Waals surface area contributed by atoms with Gasteiger partial charge >= 0.3 is 0 Å². The summed E-state index contributed by atoms with van der Waals surface area (Å²) in [6, 6.07) is 4.78. The maximum atomic E-state index is 9.47. The first-order chi connectivity index (χ1) is 6.27. The molecule has 1 N–H and O–H groups in total. The van der Waals surface area contributed by atoms with E-state index in [1.165, 1.54) is 18.7 Å². The Morgan fingerprint density at radius 3 is 2.62 bits per heavy atom. The van der Waals surface area contributed by atoms with E-state index in [9.17, 15) is 5.11 Å². The number of aromatic nitrogens is 3. The molecule has 1 aromatic heterocycles. The molecule has 0 spiro atoms. The fourth-order valence-electron chi connectivity index (χ4n) is 1.03. The molecule has 0 bridgehead atoms. The van der Waals surface area contributed by atoms with Crippen LogP contribution in [0.5, 0.6) is 5.75 Å². The molecule has 0 fully saturated rings. The first-order valence-electron chi connectivity index (χ1n) is 3.61. The number of hydrogen-bond acceptors (Lipinski definition) is 3. The molecule has 0 unspecified atom stereocenters. The van der Waals surface area contributed by atoms with E-state index >= 15 is 0 Å². The molecule has 5 heteroatoms. The van der Waals surface area contributed by atoms with Gasteiger partial charge in [0.05, 0.1) is 5.69 Å². The lowest BCUT2D eigenvalue weighted by Gasteiger charge is -2.03. The van der Waals surface area contributed by atoms with Crippen molar-refractivity contribution < 1.29 is 5.11 Å². The van der Waals surface area contributed by atoms with E-state index in [4.69, 9.17) is 11.6 Å². The van der Waals surface area contributed by atoms with Crippen molar-refractivity contribution in [2.75, 3.05) is 0 Å². The number of hydrogen-bond donors (Lipinski definition) is 1. The van der Waals surface area contributed by atoms with Gasteiger partial charge in [-0.3, -0.25) is 4.57 Å². The molecule has 0 saturated carbocycles. The van der Waals surface area contributed by atoms with Gasteiger partial charge in [0.2, 0.25) is 0 Å². The van der Waals surface area contributed by atoms with Crippen molar-refractivity contribution in [3.05, 3.63) is 35.9 Å². The molecule has 1 aromatic carbocycles. The van der Waals surface area contributed by atoms with E-state index in [1.54, 1.807) is 16.7 Å². The Labute approximate surface area is 79.4 Å². The SMILES string of the molecule is Oc1ccc(Cl)cc1-n1cnnc1. The van der Waals surface area contributed by atoms with Crippen LogP contribution < -0.4 is 0 Å². The highest BCUT2D eigenvalue weighted by atomic mass is 35.5. The summed E-state index contributed by atoms with van der Waals surface area (Å²) in [5, 5.41) is 17.3. The molecular formula is C8H6ClN3O. The van der Waals surface area contributed by atoms with Crippen molar-refractivity contribution in [3.63, 3.8) is 0 Å². The lowest BCUT2D eigenvalue weighted by atomic mass is 10.3. The lowest BCUT2D eigenvalue weighted by Crippen LogP contribution is -1.90. The summed E-state index contributed by atoms with van der Waals surface area (Å²) < 4.78 is 1.58. The molecule has 0 saturated heterocycles. The number of nitrogens with zero attached hydrogens (tertiary/aromatic N) is 3. The minimum Gasteiger partial charge on any atom is -0.506 e. The predicted octanol–water partition coefficient (Wildman–Crippen LogP) is 1.63. The van der Waals surface area contributed by atoms with E-state index in [-0.39, 0.29) is 5.75 Å². The number of aromatic hydroxyl groups is 1. The molecular weight excluding hydrogens is 190 g/mol. The van der Waals surface area contributed by atoms with E-state index in [1.807, 2.05) is 0 Å². The van der Waals surface area contributed by atoms with Gasteiger partial charge in [0, 0.05) is 5.02 Å². The molecule has 0 atom stereocenters. The third kappa shape index (κ3) is 1.48. The van der Waals surface area contributed by atoms with Crippen molar-refractivity contribution in [1.29, 1.82) is 0 Å². The maximum absolute atomic E-state index is 9.47. The third-order valence-corrected chi connectivity index (χ3v) is 1.87. The van der Waals surface area contributed by atoms with Crippen LogP contribution in [-0.2, 0) is 0 Å². The smallest absolute Gasteiger partial charge is 0.139 e. The zero-order valence-corrected chi connectivity index (χ0v) is 7.31. The molecule has 0 aliphatic carbocycles. The Kier molecular flexibility index (Phi) is 1.90. The maximum Gasteiger partial charge on any atom is 0.139 e.